The fourth-order valence-corrected chi connectivity index (χ4v) is 2.30. The quantitative estimate of drug-likeness (QED) is 0.206. The van der Waals surface area contributed by atoms with Gasteiger partial charge in [0.15, 0.2) is 5.96 Å². The molecule has 0 saturated heterocycles. The summed E-state index contributed by atoms with van der Waals surface area (Å²) in [6, 6.07) is 5.71. The number of rotatable bonds is 8. The molecule has 140 valence electrons. The number of nitrogens with zero attached hydrogens (tertiary/aromatic N) is 2. The molecule has 2 N–H and O–H groups in total. The highest BCUT2D eigenvalue weighted by molar-refractivity contribution is 14.0. The number of guanidine groups is 1. The molecule has 0 heterocycles. The third-order valence-electron chi connectivity index (χ3n) is 3.50. The summed E-state index contributed by atoms with van der Waals surface area (Å²) < 4.78 is 5.27. The number of hydrogen-bond acceptors (Lipinski definition) is 3. The normalized spacial score (nSPS) is 10.5. The van der Waals surface area contributed by atoms with Crippen molar-refractivity contribution in [3.63, 3.8) is 0 Å². The zero-order chi connectivity index (χ0) is 17.9. The predicted octanol–water partition coefficient (Wildman–Crippen LogP) is 3.25. The number of hydrogen-bond donors (Lipinski definition) is 2. The Hall–Kier alpha value is -1.77. The van der Waals surface area contributed by atoms with Gasteiger partial charge in [0.05, 0.1) is 12.8 Å². The molecular weight excluding hydrogens is 431 g/mol. The van der Waals surface area contributed by atoms with Crippen molar-refractivity contribution in [2.75, 3.05) is 33.1 Å². The first-order valence-electron chi connectivity index (χ1n) is 7.99. The minimum absolute atomic E-state index is 0. The van der Waals surface area contributed by atoms with Crippen LogP contribution in [0.2, 0.25) is 0 Å². The van der Waals surface area contributed by atoms with Crippen molar-refractivity contribution >= 4 is 41.5 Å². The number of anilines is 1. The summed E-state index contributed by atoms with van der Waals surface area (Å²) in [6.45, 7) is 6.73. The van der Waals surface area contributed by atoms with Crippen molar-refractivity contribution in [1.82, 2.24) is 10.2 Å². The smallest absolute Gasteiger partial charge is 0.221 e. The zero-order valence-corrected chi connectivity index (χ0v) is 17.8. The molecule has 0 spiro atoms. The van der Waals surface area contributed by atoms with Crippen molar-refractivity contribution in [1.29, 1.82) is 0 Å². The lowest BCUT2D eigenvalue weighted by Crippen LogP contribution is -2.38. The summed E-state index contributed by atoms with van der Waals surface area (Å²) in [5, 5.41) is 6.11. The van der Waals surface area contributed by atoms with E-state index in [4.69, 9.17) is 4.74 Å². The maximum Gasteiger partial charge on any atom is 0.221 e. The molecule has 0 aliphatic carbocycles. The van der Waals surface area contributed by atoms with Crippen LogP contribution >= 0.6 is 24.0 Å². The molecule has 0 radical (unpaired) electrons. The third kappa shape index (κ3) is 8.24. The van der Waals surface area contributed by atoms with Gasteiger partial charge in [0.25, 0.3) is 0 Å². The Balaban J connectivity index is 0.00000576. The minimum atomic E-state index is -0.129. The topological polar surface area (TPSA) is 66.0 Å². The molecule has 6 nitrogen and oxygen atoms in total. The lowest BCUT2D eigenvalue weighted by molar-refractivity contribution is -0.114. The highest BCUT2D eigenvalue weighted by atomic mass is 127. The van der Waals surface area contributed by atoms with Gasteiger partial charge in [-0.2, -0.15) is 0 Å². The summed E-state index contributed by atoms with van der Waals surface area (Å²) in [5.41, 5.74) is 1.69. The Labute approximate surface area is 167 Å². The molecule has 0 saturated carbocycles. The highest BCUT2D eigenvalue weighted by Crippen LogP contribution is 2.25. The van der Waals surface area contributed by atoms with Crippen LogP contribution in [0.4, 0.5) is 5.69 Å². The highest BCUT2D eigenvalue weighted by Gasteiger charge is 2.08. The SMILES string of the molecule is C=CCCCN(C)C(=NC)NCc1ccc(OC)c(NC(C)=O)c1.I. The lowest BCUT2D eigenvalue weighted by atomic mass is 10.2. The largest absolute Gasteiger partial charge is 0.495 e. The third-order valence-corrected chi connectivity index (χ3v) is 3.50. The molecule has 1 aromatic rings. The van der Waals surface area contributed by atoms with Gasteiger partial charge in [0, 0.05) is 34.1 Å². The number of methoxy groups -OCH3 is 1. The molecule has 0 fully saturated rings. The maximum absolute atomic E-state index is 11.3. The van der Waals surface area contributed by atoms with E-state index in [-0.39, 0.29) is 29.9 Å². The van der Waals surface area contributed by atoms with Gasteiger partial charge in [-0.05, 0) is 30.5 Å². The Bertz CT molecular complexity index is 590. The van der Waals surface area contributed by atoms with Gasteiger partial charge in [0.2, 0.25) is 5.91 Å². The first-order valence-corrected chi connectivity index (χ1v) is 7.99. The van der Waals surface area contributed by atoms with Crippen molar-refractivity contribution in [2.24, 2.45) is 4.99 Å². The molecule has 7 heteroatoms. The van der Waals surface area contributed by atoms with Crippen molar-refractivity contribution < 1.29 is 9.53 Å². The molecule has 1 amide bonds. The molecule has 0 aliphatic rings. The molecule has 0 aliphatic heterocycles. The fourth-order valence-electron chi connectivity index (χ4n) is 2.30. The number of amides is 1. The molecule has 1 aromatic carbocycles. The molecule has 1 rings (SSSR count). The number of carbonyl (C=O) groups is 1. The van der Waals surface area contributed by atoms with Crippen LogP contribution in [0.5, 0.6) is 5.75 Å². The Kier molecular flexibility index (Phi) is 11.7. The minimum Gasteiger partial charge on any atom is -0.495 e. The molecular formula is C18H29IN4O2. The van der Waals surface area contributed by atoms with Crippen molar-refractivity contribution in [3.8, 4) is 5.75 Å². The maximum atomic E-state index is 11.3. The van der Waals surface area contributed by atoms with E-state index in [9.17, 15) is 4.79 Å². The number of aliphatic imine (C=N–C) groups is 1. The Morgan fingerprint density at radius 1 is 1.44 bits per heavy atom. The van der Waals surface area contributed by atoms with Crippen molar-refractivity contribution in [2.45, 2.75) is 26.3 Å². The van der Waals surface area contributed by atoms with Crippen LogP contribution in [-0.2, 0) is 11.3 Å². The second-order valence-electron chi connectivity index (χ2n) is 5.47. The van der Waals surface area contributed by atoms with Gasteiger partial charge in [0.1, 0.15) is 5.75 Å². The van der Waals surface area contributed by atoms with Gasteiger partial charge in [-0.25, -0.2) is 0 Å². The monoisotopic (exact) mass is 460 g/mol. The second kappa shape index (κ2) is 12.6. The summed E-state index contributed by atoms with van der Waals surface area (Å²) in [6.07, 6.45) is 3.95. The van der Waals surface area contributed by atoms with E-state index in [0.29, 0.717) is 18.0 Å². The number of allylic oxidation sites excluding steroid dienone is 1. The van der Waals surface area contributed by atoms with Crippen molar-refractivity contribution in [3.05, 3.63) is 36.4 Å². The number of halogens is 1. The van der Waals surface area contributed by atoms with Gasteiger partial charge in [-0.1, -0.05) is 12.1 Å². The summed E-state index contributed by atoms with van der Waals surface area (Å²) >= 11 is 0. The van der Waals surface area contributed by atoms with Crippen LogP contribution in [0, 0.1) is 0 Å². The predicted molar refractivity (Wildman–Crippen MR) is 115 cm³/mol. The van der Waals surface area contributed by atoms with Crippen LogP contribution < -0.4 is 15.4 Å². The van der Waals surface area contributed by atoms with E-state index in [1.165, 1.54) is 6.92 Å². The van der Waals surface area contributed by atoms with Crippen LogP contribution in [0.3, 0.4) is 0 Å². The van der Waals surface area contributed by atoms with Crippen LogP contribution in [0.15, 0.2) is 35.8 Å². The summed E-state index contributed by atoms with van der Waals surface area (Å²) in [4.78, 5) is 17.7. The van der Waals surface area contributed by atoms with E-state index in [0.717, 1.165) is 30.9 Å². The molecule has 25 heavy (non-hydrogen) atoms. The van der Waals surface area contributed by atoms with Gasteiger partial charge in [-0.3, -0.25) is 9.79 Å². The molecule has 0 unspecified atom stereocenters. The first kappa shape index (κ1) is 23.2. The summed E-state index contributed by atoms with van der Waals surface area (Å²) in [7, 11) is 5.36. The standard InChI is InChI=1S/C18H28N4O2.HI/c1-6-7-8-11-22(4)18(19-3)20-13-15-9-10-17(24-5)16(12-15)21-14(2)23;/h6,9-10,12H,1,7-8,11,13H2,2-5H3,(H,19,20)(H,21,23);1H. The molecule has 0 bridgehead atoms. The van der Waals surface area contributed by atoms with E-state index >= 15 is 0 Å². The van der Waals surface area contributed by atoms with Crippen LogP contribution in [0.1, 0.15) is 25.3 Å². The number of carbonyl (C=O) groups excluding carboxylic acids is 1. The van der Waals surface area contributed by atoms with E-state index in [2.05, 4.69) is 27.1 Å². The van der Waals surface area contributed by atoms with Crippen LogP contribution in [0.25, 0.3) is 0 Å². The van der Waals surface area contributed by atoms with E-state index in [1.54, 1.807) is 14.2 Å². The Morgan fingerprint density at radius 3 is 2.72 bits per heavy atom. The van der Waals surface area contributed by atoms with Gasteiger partial charge in [-0.15, -0.1) is 30.6 Å². The van der Waals surface area contributed by atoms with Gasteiger partial charge < -0.3 is 20.3 Å². The average Bonchev–Trinajstić information content (AvgIpc) is 2.55. The molecule has 0 atom stereocenters. The van der Waals surface area contributed by atoms with Gasteiger partial charge >= 0.3 is 0 Å². The van der Waals surface area contributed by atoms with E-state index < -0.39 is 0 Å². The zero-order valence-electron chi connectivity index (χ0n) is 15.5. The summed E-state index contributed by atoms with van der Waals surface area (Å²) in [5.74, 6) is 1.34. The fraction of sp³-hybridized carbons (Fsp3) is 0.444. The number of benzene rings is 1. The van der Waals surface area contributed by atoms with E-state index in [1.807, 2.05) is 31.3 Å². The lowest BCUT2D eigenvalue weighted by Gasteiger charge is -2.22. The first-order chi connectivity index (χ1) is 11.5. The number of unbranched alkanes of at least 4 members (excludes halogenated alkanes) is 1. The molecule has 0 aromatic heterocycles. The van der Waals surface area contributed by atoms with Crippen LogP contribution in [-0.4, -0.2) is 44.5 Å². The second-order valence-corrected chi connectivity index (χ2v) is 5.47. The average molecular weight is 460 g/mol. The number of nitrogens with one attached hydrogen (secondary N) is 2. The Morgan fingerprint density at radius 2 is 2.16 bits per heavy atom. The number of ether oxygens (including phenoxy) is 1.